The van der Waals surface area contributed by atoms with E-state index < -0.39 is 0 Å². The second-order valence-electron chi connectivity index (χ2n) is 3.65. The number of rotatable bonds is 3. The van der Waals surface area contributed by atoms with E-state index in [1.54, 1.807) is 0 Å². The lowest BCUT2D eigenvalue weighted by atomic mass is 9.92. The predicted molar refractivity (Wildman–Crippen MR) is 48.5 cm³/mol. The number of carbonyl (C=O) groups excluding carboxylic acids is 1. The number of nitrogens with one attached hydrogen (secondary N) is 1. The van der Waals surface area contributed by atoms with E-state index in [1.807, 2.05) is 6.92 Å². The summed E-state index contributed by atoms with van der Waals surface area (Å²) in [5.74, 6) is -0.0492. The second kappa shape index (κ2) is 4.58. The number of ether oxygens (including phenoxy) is 2. The van der Waals surface area contributed by atoms with Crippen LogP contribution in [0.3, 0.4) is 0 Å². The minimum Gasteiger partial charge on any atom is -0.381 e. The predicted octanol–water partition coefficient (Wildman–Crippen LogP) is 0.318. The molecule has 1 rings (SSSR count). The Hall–Kier alpha value is -0.610. The van der Waals surface area contributed by atoms with Crippen molar-refractivity contribution in [3.05, 3.63) is 0 Å². The molecule has 1 aliphatic heterocycles. The lowest BCUT2D eigenvalue weighted by Crippen LogP contribution is -2.50. The van der Waals surface area contributed by atoms with E-state index in [0.717, 1.165) is 26.1 Å². The molecule has 0 radical (unpaired) electrons. The maximum absolute atomic E-state index is 11.2. The van der Waals surface area contributed by atoms with Gasteiger partial charge in [-0.3, -0.25) is 4.79 Å². The molecule has 1 aliphatic rings. The molecule has 1 N–H and O–H groups in total. The molecule has 13 heavy (non-hydrogen) atoms. The summed E-state index contributed by atoms with van der Waals surface area (Å²) in [4.78, 5) is 11.2. The van der Waals surface area contributed by atoms with E-state index in [1.165, 1.54) is 7.11 Å². The summed E-state index contributed by atoms with van der Waals surface area (Å²) in [6.07, 6.45) is 1.75. The van der Waals surface area contributed by atoms with Crippen LogP contribution < -0.4 is 5.32 Å². The van der Waals surface area contributed by atoms with Gasteiger partial charge in [0.15, 0.2) is 0 Å². The Kier molecular flexibility index (Phi) is 3.69. The maximum Gasteiger partial charge on any atom is 0.246 e. The number of methoxy groups -OCH3 is 1. The third-order valence-corrected chi connectivity index (χ3v) is 2.31. The van der Waals surface area contributed by atoms with Gasteiger partial charge in [-0.2, -0.15) is 0 Å². The first-order chi connectivity index (χ1) is 6.16. The van der Waals surface area contributed by atoms with Crippen LogP contribution in [0, 0.1) is 0 Å². The van der Waals surface area contributed by atoms with Crippen LogP contribution in [0.15, 0.2) is 0 Å². The molecule has 0 spiro atoms. The van der Waals surface area contributed by atoms with E-state index >= 15 is 0 Å². The normalized spacial score (nSPS) is 21.1. The molecule has 0 atom stereocenters. The monoisotopic (exact) mass is 187 g/mol. The molecule has 1 amide bonds. The van der Waals surface area contributed by atoms with Crippen molar-refractivity contribution in [1.82, 2.24) is 5.32 Å². The lowest BCUT2D eigenvalue weighted by molar-refractivity contribution is -0.127. The Labute approximate surface area is 78.6 Å². The summed E-state index contributed by atoms with van der Waals surface area (Å²) < 4.78 is 9.97. The average Bonchev–Trinajstić information content (AvgIpc) is 2.04. The van der Waals surface area contributed by atoms with Gasteiger partial charge in [-0.05, 0) is 19.8 Å². The van der Waals surface area contributed by atoms with Crippen molar-refractivity contribution in [3.63, 3.8) is 0 Å². The number of amides is 1. The molecule has 4 heteroatoms. The van der Waals surface area contributed by atoms with Crippen LogP contribution in [0.4, 0.5) is 0 Å². The third kappa shape index (κ3) is 3.32. The van der Waals surface area contributed by atoms with Crippen LogP contribution in [0.25, 0.3) is 0 Å². The van der Waals surface area contributed by atoms with Gasteiger partial charge in [0.05, 0.1) is 0 Å². The largest absolute Gasteiger partial charge is 0.381 e. The van der Waals surface area contributed by atoms with Crippen molar-refractivity contribution in [2.24, 2.45) is 0 Å². The summed E-state index contributed by atoms with van der Waals surface area (Å²) >= 11 is 0. The molecular formula is C9H17NO3. The molecule has 1 saturated heterocycles. The Bertz CT molecular complexity index is 176. The van der Waals surface area contributed by atoms with Crippen molar-refractivity contribution in [2.75, 3.05) is 26.9 Å². The lowest BCUT2D eigenvalue weighted by Gasteiger charge is -2.34. The first-order valence-electron chi connectivity index (χ1n) is 4.54. The van der Waals surface area contributed by atoms with Gasteiger partial charge in [0.25, 0.3) is 0 Å². The van der Waals surface area contributed by atoms with E-state index in [9.17, 15) is 4.79 Å². The van der Waals surface area contributed by atoms with E-state index in [-0.39, 0.29) is 18.1 Å². The van der Waals surface area contributed by atoms with Crippen molar-refractivity contribution in [1.29, 1.82) is 0 Å². The van der Waals surface area contributed by atoms with Crippen molar-refractivity contribution in [2.45, 2.75) is 25.3 Å². The van der Waals surface area contributed by atoms with Gasteiger partial charge in [0.2, 0.25) is 5.91 Å². The summed E-state index contributed by atoms with van der Waals surface area (Å²) in [5, 5.41) is 2.95. The zero-order valence-corrected chi connectivity index (χ0v) is 8.26. The fourth-order valence-electron chi connectivity index (χ4n) is 1.45. The smallest absolute Gasteiger partial charge is 0.246 e. The standard InChI is InChI=1S/C9H17NO3/c1-9(3-5-13-6-4-9)10-8(11)7-12-2/h3-7H2,1-2H3,(H,10,11). The Morgan fingerprint density at radius 1 is 1.54 bits per heavy atom. The summed E-state index contributed by atoms with van der Waals surface area (Å²) in [5.41, 5.74) is -0.103. The summed E-state index contributed by atoms with van der Waals surface area (Å²) in [7, 11) is 1.52. The van der Waals surface area contributed by atoms with Crippen LogP contribution in [0.5, 0.6) is 0 Å². The summed E-state index contributed by atoms with van der Waals surface area (Å²) in [6, 6.07) is 0. The van der Waals surface area contributed by atoms with Gasteiger partial charge in [0, 0.05) is 25.9 Å². The van der Waals surface area contributed by atoms with Crippen molar-refractivity contribution in [3.8, 4) is 0 Å². The Morgan fingerprint density at radius 2 is 2.15 bits per heavy atom. The quantitative estimate of drug-likeness (QED) is 0.692. The van der Waals surface area contributed by atoms with Crippen LogP contribution >= 0.6 is 0 Å². The van der Waals surface area contributed by atoms with E-state index in [0.29, 0.717) is 0 Å². The minimum atomic E-state index is -0.103. The molecule has 0 aliphatic carbocycles. The minimum absolute atomic E-state index is 0.0492. The second-order valence-corrected chi connectivity index (χ2v) is 3.65. The first-order valence-corrected chi connectivity index (χ1v) is 4.54. The fourth-order valence-corrected chi connectivity index (χ4v) is 1.45. The van der Waals surface area contributed by atoms with Crippen LogP contribution in [-0.2, 0) is 14.3 Å². The van der Waals surface area contributed by atoms with Gasteiger partial charge in [0.1, 0.15) is 6.61 Å². The average molecular weight is 187 g/mol. The maximum atomic E-state index is 11.2. The number of hydrogen-bond acceptors (Lipinski definition) is 3. The van der Waals surface area contributed by atoms with Crippen molar-refractivity contribution < 1.29 is 14.3 Å². The molecule has 1 heterocycles. The molecule has 0 aromatic rings. The topological polar surface area (TPSA) is 47.6 Å². The van der Waals surface area contributed by atoms with Gasteiger partial charge in [-0.15, -0.1) is 0 Å². The molecular weight excluding hydrogens is 170 g/mol. The third-order valence-electron chi connectivity index (χ3n) is 2.31. The van der Waals surface area contributed by atoms with Gasteiger partial charge in [-0.1, -0.05) is 0 Å². The highest BCUT2D eigenvalue weighted by Crippen LogP contribution is 2.19. The zero-order valence-electron chi connectivity index (χ0n) is 8.26. The van der Waals surface area contributed by atoms with E-state index in [4.69, 9.17) is 9.47 Å². The highest BCUT2D eigenvalue weighted by Gasteiger charge is 2.28. The number of hydrogen-bond donors (Lipinski definition) is 1. The highest BCUT2D eigenvalue weighted by atomic mass is 16.5. The Balaban J connectivity index is 2.36. The molecule has 1 fully saturated rings. The van der Waals surface area contributed by atoms with Crippen LogP contribution in [-0.4, -0.2) is 38.4 Å². The molecule has 0 aromatic carbocycles. The van der Waals surface area contributed by atoms with Crippen LogP contribution in [0.2, 0.25) is 0 Å². The highest BCUT2D eigenvalue weighted by molar-refractivity contribution is 5.77. The van der Waals surface area contributed by atoms with Gasteiger partial charge < -0.3 is 14.8 Å². The SMILES string of the molecule is COCC(=O)NC1(C)CCOCC1. The number of carbonyl (C=O) groups is 1. The first kappa shape index (κ1) is 10.5. The van der Waals surface area contributed by atoms with Gasteiger partial charge in [-0.25, -0.2) is 0 Å². The fraction of sp³-hybridized carbons (Fsp3) is 0.889. The van der Waals surface area contributed by atoms with Gasteiger partial charge >= 0.3 is 0 Å². The van der Waals surface area contributed by atoms with E-state index in [2.05, 4.69) is 5.32 Å². The summed E-state index contributed by atoms with van der Waals surface area (Å²) in [6.45, 7) is 3.63. The molecule has 0 bridgehead atoms. The van der Waals surface area contributed by atoms with Crippen LogP contribution in [0.1, 0.15) is 19.8 Å². The molecule has 4 nitrogen and oxygen atoms in total. The zero-order chi connectivity index (χ0) is 9.73. The molecule has 0 unspecified atom stereocenters. The molecule has 0 saturated carbocycles. The molecule has 76 valence electrons. The molecule has 0 aromatic heterocycles. The Morgan fingerprint density at radius 3 is 2.69 bits per heavy atom. The van der Waals surface area contributed by atoms with Crippen molar-refractivity contribution >= 4 is 5.91 Å².